The van der Waals surface area contributed by atoms with E-state index in [1.165, 1.54) is 33.0 Å². The summed E-state index contributed by atoms with van der Waals surface area (Å²) < 4.78 is 0. The van der Waals surface area contributed by atoms with Gasteiger partial charge >= 0.3 is 0 Å². The Morgan fingerprint density at radius 1 is 0.500 bits per heavy atom. The summed E-state index contributed by atoms with van der Waals surface area (Å²) >= 11 is 0. The number of hydrogen-bond donors (Lipinski definition) is 0. The largest absolute Gasteiger partial charge is 0.192 e. The van der Waals surface area contributed by atoms with Crippen molar-refractivity contribution in [2.75, 3.05) is 0 Å². The first kappa shape index (κ1) is 21.1. The molecule has 32 heavy (non-hydrogen) atoms. The Bertz CT molecular complexity index is 1330. The summed E-state index contributed by atoms with van der Waals surface area (Å²) in [5.41, 5.74) is 8.43. The molecule has 0 fully saturated rings. The zero-order valence-corrected chi connectivity index (χ0v) is 18.4. The lowest BCUT2D eigenvalue weighted by molar-refractivity contribution is 1.48. The summed E-state index contributed by atoms with van der Waals surface area (Å²) in [4.78, 5) is 0. The lowest BCUT2D eigenvalue weighted by Gasteiger charge is -2.00. The molecule has 5 aromatic rings. The first-order valence-electron chi connectivity index (χ1n) is 11.0. The van der Waals surface area contributed by atoms with Crippen LogP contribution in [0.1, 0.15) is 19.4 Å². The van der Waals surface area contributed by atoms with Gasteiger partial charge in [-0.05, 0) is 56.3 Å². The van der Waals surface area contributed by atoms with E-state index >= 15 is 0 Å². The van der Waals surface area contributed by atoms with Crippen molar-refractivity contribution >= 4 is 10.8 Å². The lowest BCUT2D eigenvalue weighted by atomic mass is 10.0. The summed E-state index contributed by atoms with van der Waals surface area (Å²) in [5, 5.41) is 11.5. The third-order valence-electron chi connectivity index (χ3n) is 5.51. The molecular weight excluding hydrogens is 386 g/mol. The second-order valence-electron chi connectivity index (χ2n) is 7.31. The maximum atomic E-state index is 8.76. The number of nitrogens with zero attached hydrogens (tertiary/aromatic N) is 1. The molecule has 0 unspecified atom stereocenters. The number of fused-ring (bicyclic) bond motifs is 3. The fourth-order valence-electron chi connectivity index (χ4n) is 4.14. The summed E-state index contributed by atoms with van der Waals surface area (Å²) in [6.07, 6.45) is 0. The number of nitriles is 1. The molecule has 0 bridgehead atoms. The Labute approximate surface area is 190 Å². The standard InChI is InChI=1S/C16H10.C13H9N.C2H6/c1-2-8-13-12(7-1)14-9-3-5-11-6-4-10-15(13)16(11)14;14-10-11-5-4-8-13(9-11)12-6-2-1-3-7-12;1-2/h1-10H;1-9H;1-2H3. The van der Waals surface area contributed by atoms with Crippen LogP contribution in [0.3, 0.4) is 0 Å². The molecule has 0 spiro atoms. The molecule has 154 valence electrons. The number of rotatable bonds is 1. The first-order chi connectivity index (χ1) is 15.8. The third kappa shape index (κ3) is 4.04. The minimum absolute atomic E-state index is 0.700. The normalized spacial score (nSPS) is 10.2. The fourth-order valence-corrected chi connectivity index (χ4v) is 4.14. The van der Waals surface area contributed by atoms with Gasteiger partial charge in [-0.15, -0.1) is 0 Å². The molecule has 1 aliphatic rings. The predicted octanol–water partition coefficient (Wildman–Crippen LogP) is 8.74. The van der Waals surface area contributed by atoms with E-state index in [1.807, 2.05) is 68.4 Å². The SMILES string of the molecule is CC.N#Cc1cccc(-c2ccccc2)c1.c1ccc2c(c1)-c1cccc3cccc-2c13. The molecule has 1 aliphatic carbocycles. The van der Waals surface area contributed by atoms with E-state index in [2.05, 4.69) is 66.7 Å². The molecule has 0 saturated heterocycles. The van der Waals surface area contributed by atoms with E-state index in [0.717, 1.165) is 11.1 Å². The first-order valence-corrected chi connectivity index (χ1v) is 11.0. The van der Waals surface area contributed by atoms with Gasteiger partial charge in [0.05, 0.1) is 11.6 Å². The average Bonchev–Trinajstić information content (AvgIpc) is 3.22. The van der Waals surface area contributed by atoms with Gasteiger partial charge in [-0.2, -0.15) is 5.26 Å². The lowest BCUT2D eigenvalue weighted by Crippen LogP contribution is -1.78. The highest BCUT2D eigenvalue weighted by atomic mass is 14.2. The third-order valence-corrected chi connectivity index (χ3v) is 5.51. The van der Waals surface area contributed by atoms with Crippen molar-refractivity contribution in [2.24, 2.45) is 0 Å². The molecule has 5 aromatic carbocycles. The highest BCUT2D eigenvalue weighted by Gasteiger charge is 2.19. The predicted molar refractivity (Wildman–Crippen MR) is 136 cm³/mol. The molecule has 1 nitrogen and oxygen atoms in total. The maximum Gasteiger partial charge on any atom is 0.0991 e. The van der Waals surface area contributed by atoms with Crippen molar-refractivity contribution in [3.63, 3.8) is 0 Å². The smallest absolute Gasteiger partial charge is 0.0991 e. The van der Waals surface area contributed by atoms with Crippen LogP contribution in [-0.4, -0.2) is 0 Å². The Morgan fingerprint density at radius 3 is 1.59 bits per heavy atom. The highest BCUT2D eigenvalue weighted by Crippen LogP contribution is 2.46. The van der Waals surface area contributed by atoms with Gasteiger partial charge in [0, 0.05) is 0 Å². The van der Waals surface area contributed by atoms with Crippen LogP contribution in [0.25, 0.3) is 44.2 Å². The molecule has 0 heterocycles. The van der Waals surface area contributed by atoms with E-state index in [4.69, 9.17) is 5.26 Å². The molecule has 1 heteroatoms. The quantitative estimate of drug-likeness (QED) is 0.265. The summed E-state index contributed by atoms with van der Waals surface area (Å²) in [6, 6.07) is 41.6. The minimum atomic E-state index is 0.700. The van der Waals surface area contributed by atoms with E-state index in [1.54, 1.807) is 0 Å². The van der Waals surface area contributed by atoms with Crippen molar-refractivity contribution in [2.45, 2.75) is 13.8 Å². The molecule has 0 aromatic heterocycles. The molecule has 0 aliphatic heterocycles. The van der Waals surface area contributed by atoms with E-state index in [0.29, 0.717) is 5.56 Å². The number of benzene rings is 5. The molecular formula is C31H25N. The van der Waals surface area contributed by atoms with Crippen LogP contribution in [0.2, 0.25) is 0 Å². The molecule has 0 saturated carbocycles. The van der Waals surface area contributed by atoms with Crippen molar-refractivity contribution in [1.29, 1.82) is 5.26 Å². The Kier molecular flexibility index (Phi) is 6.44. The number of hydrogen-bond acceptors (Lipinski definition) is 1. The van der Waals surface area contributed by atoms with Gasteiger partial charge in [0.15, 0.2) is 0 Å². The second kappa shape index (κ2) is 9.77. The fraction of sp³-hybridized carbons (Fsp3) is 0.0645. The topological polar surface area (TPSA) is 23.8 Å². The van der Waals surface area contributed by atoms with Crippen LogP contribution in [-0.2, 0) is 0 Å². The molecule has 0 amide bonds. The Balaban J connectivity index is 0.000000144. The molecule has 6 rings (SSSR count). The monoisotopic (exact) mass is 411 g/mol. The Hall–Kier alpha value is -4.15. The molecule has 0 N–H and O–H groups in total. The maximum absolute atomic E-state index is 8.76. The average molecular weight is 412 g/mol. The van der Waals surface area contributed by atoms with E-state index < -0.39 is 0 Å². The van der Waals surface area contributed by atoms with Crippen LogP contribution in [0, 0.1) is 11.3 Å². The van der Waals surface area contributed by atoms with Gasteiger partial charge in [-0.1, -0.05) is 117 Å². The minimum Gasteiger partial charge on any atom is -0.192 e. The van der Waals surface area contributed by atoms with Crippen molar-refractivity contribution in [3.8, 4) is 39.4 Å². The summed E-state index contributed by atoms with van der Waals surface area (Å²) in [6.45, 7) is 4.00. The van der Waals surface area contributed by atoms with Gasteiger partial charge in [-0.25, -0.2) is 0 Å². The highest BCUT2D eigenvalue weighted by molar-refractivity contribution is 6.15. The van der Waals surface area contributed by atoms with Gasteiger partial charge in [0.25, 0.3) is 0 Å². The van der Waals surface area contributed by atoms with Crippen LogP contribution in [0.15, 0.2) is 115 Å². The zero-order chi connectivity index (χ0) is 22.3. The van der Waals surface area contributed by atoms with Crippen LogP contribution in [0.5, 0.6) is 0 Å². The summed E-state index contributed by atoms with van der Waals surface area (Å²) in [7, 11) is 0. The van der Waals surface area contributed by atoms with Gasteiger partial charge in [0.1, 0.15) is 0 Å². The summed E-state index contributed by atoms with van der Waals surface area (Å²) in [5.74, 6) is 0. The Morgan fingerprint density at radius 2 is 1.00 bits per heavy atom. The van der Waals surface area contributed by atoms with Crippen molar-refractivity contribution in [1.82, 2.24) is 0 Å². The van der Waals surface area contributed by atoms with Gasteiger partial charge in [0.2, 0.25) is 0 Å². The van der Waals surface area contributed by atoms with Crippen LogP contribution < -0.4 is 0 Å². The second-order valence-corrected chi connectivity index (χ2v) is 7.31. The molecule has 0 atom stereocenters. The van der Waals surface area contributed by atoms with Gasteiger partial charge in [-0.3, -0.25) is 0 Å². The van der Waals surface area contributed by atoms with Crippen molar-refractivity contribution in [3.05, 3.63) is 121 Å². The van der Waals surface area contributed by atoms with E-state index in [-0.39, 0.29) is 0 Å². The van der Waals surface area contributed by atoms with Crippen LogP contribution in [0.4, 0.5) is 0 Å². The van der Waals surface area contributed by atoms with Gasteiger partial charge < -0.3 is 0 Å². The van der Waals surface area contributed by atoms with Crippen LogP contribution >= 0.6 is 0 Å². The zero-order valence-electron chi connectivity index (χ0n) is 18.4. The van der Waals surface area contributed by atoms with Crippen molar-refractivity contribution < 1.29 is 0 Å². The molecule has 0 radical (unpaired) electrons. The van der Waals surface area contributed by atoms with E-state index in [9.17, 15) is 0 Å².